The predicted molar refractivity (Wildman–Crippen MR) is 156 cm³/mol. The van der Waals surface area contributed by atoms with Crippen molar-refractivity contribution in [2.24, 2.45) is 0 Å². The van der Waals surface area contributed by atoms with Gasteiger partial charge in [-0.25, -0.2) is 9.78 Å². The summed E-state index contributed by atoms with van der Waals surface area (Å²) in [5.41, 5.74) is 1.68. The van der Waals surface area contributed by atoms with Crippen LogP contribution in [0.25, 0.3) is 16.0 Å². The number of nitrogens with zero attached hydrogens (tertiary/aromatic N) is 2. The molecule has 5 rings (SSSR count). The number of amides is 1. The van der Waals surface area contributed by atoms with Gasteiger partial charge >= 0.3 is 11.9 Å². The summed E-state index contributed by atoms with van der Waals surface area (Å²) in [5, 5.41) is 11.8. The zero-order chi connectivity index (χ0) is 29.1. The molecule has 1 amide bonds. The number of anilines is 1. The number of esters is 1. The van der Waals surface area contributed by atoms with Crippen LogP contribution < -0.4 is 14.4 Å². The summed E-state index contributed by atoms with van der Waals surface area (Å²) < 4.78 is 16.7. The van der Waals surface area contributed by atoms with E-state index in [1.807, 2.05) is 0 Å². The molecule has 1 aliphatic rings. The van der Waals surface area contributed by atoms with Gasteiger partial charge in [-0.05, 0) is 54.4 Å². The monoisotopic (exact) mass is 572 g/mol. The van der Waals surface area contributed by atoms with Crippen molar-refractivity contribution in [3.63, 3.8) is 0 Å². The number of aliphatic hydroxyl groups is 1. The molecular formula is C31H28N2O7S. The van der Waals surface area contributed by atoms with E-state index < -0.39 is 23.7 Å². The van der Waals surface area contributed by atoms with Gasteiger partial charge in [-0.15, -0.1) is 0 Å². The van der Waals surface area contributed by atoms with E-state index in [4.69, 9.17) is 14.2 Å². The lowest BCUT2D eigenvalue weighted by Gasteiger charge is -2.23. The van der Waals surface area contributed by atoms with Crippen molar-refractivity contribution in [1.29, 1.82) is 0 Å². The third-order valence-electron chi connectivity index (χ3n) is 6.76. The summed E-state index contributed by atoms with van der Waals surface area (Å²) in [6.45, 7) is 2.57. The Labute approximate surface area is 240 Å². The second-order valence-electron chi connectivity index (χ2n) is 9.34. The van der Waals surface area contributed by atoms with Gasteiger partial charge in [-0.1, -0.05) is 48.9 Å². The Balaban J connectivity index is 1.65. The van der Waals surface area contributed by atoms with Gasteiger partial charge in [0.1, 0.15) is 17.3 Å². The number of carbonyl (C=O) groups is 3. The highest BCUT2D eigenvalue weighted by atomic mass is 32.1. The van der Waals surface area contributed by atoms with Crippen molar-refractivity contribution >= 4 is 50.1 Å². The Kier molecular flexibility index (Phi) is 8.02. The Bertz CT molecular complexity index is 1660. The first-order valence-electron chi connectivity index (χ1n) is 13.0. The Morgan fingerprint density at radius 2 is 1.78 bits per heavy atom. The number of aromatic nitrogens is 1. The lowest BCUT2D eigenvalue weighted by Crippen LogP contribution is -2.29. The van der Waals surface area contributed by atoms with Gasteiger partial charge in [0.2, 0.25) is 0 Å². The minimum absolute atomic E-state index is 0.0941. The fourth-order valence-corrected chi connectivity index (χ4v) is 5.63. The molecule has 41 heavy (non-hydrogen) atoms. The number of ketones is 1. The first-order valence-corrected chi connectivity index (χ1v) is 13.8. The molecule has 10 heteroatoms. The molecule has 1 aromatic heterocycles. The maximum atomic E-state index is 13.6. The lowest BCUT2D eigenvalue weighted by molar-refractivity contribution is -0.132. The maximum absolute atomic E-state index is 13.6. The van der Waals surface area contributed by atoms with Gasteiger partial charge in [0, 0.05) is 5.56 Å². The van der Waals surface area contributed by atoms with E-state index in [1.165, 1.54) is 23.3 Å². The first kappa shape index (κ1) is 27.9. The summed E-state index contributed by atoms with van der Waals surface area (Å²) in [6.07, 6.45) is 1.84. The largest absolute Gasteiger partial charge is 0.507 e. The zero-order valence-corrected chi connectivity index (χ0v) is 23.6. The van der Waals surface area contributed by atoms with Gasteiger partial charge in [0.25, 0.3) is 5.78 Å². The van der Waals surface area contributed by atoms with Crippen molar-refractivity contribution in [2.75, 3.05) is 25.7 Å². The van der Waals surface area contributed by atoms with Crippen LogP contribution in [0.2, 0.25) is 0 Å². The average Bonchev–Trinajstić information content (AvgIpc) is 3.54. The molecule has 0 saturated carbocycles. The van der Waals surface area contributed by atoms with Crippen LogP contribution in [0.5, 0.6) is 11.5 Å². The van der Waals surface area contributed by atoms with Crippen LogP contribution in [0.15, 0.2) is 72.3 Å². The van der Waals surface area contributed by atoms with Gasteiger partial charge in [0.15, 0.2) is 5.13 Å². The van der Waals surface area contributed by atoms with Crippen LogP contribution in [-0.2, 0) is 14.3 Å². The quantitative estimate of drug-likeness (QED) is 0.0867. The van der Waals surface area contributed by atoms with E-state index in [1.54, 1.807) is 73.8 Å². The number of thiazole rings is 1. The molecular weight excluding hydrogens is 544 g/mol. The van der Waals surface area contributed by atoms with E-state index >= 15 is 0 Å². The normalized spacial score (nSPS) is 16.3. The molecule has 0 aliphatic carbocycles. The second kappa shape index (κ2) is 11.8. The lowest BCUT2D eigenvalue weighted by atomic mass is 9.94. The van der Waals surface area contributed by atoms with Crippen LogP contribution in [0, 0.1) is 0 Å². The highest BCUT2D eigenvalue weighted by Gasteiger charge is 2.48. The second-order valence-corrected chi connectivity index (χ2v) is 10.4. The van der Waals surface area contributed by atoms with Gasteiger partial charge in [0.05, 0.1) is 48.2 Å². The zero-order valence-electron chi connectivity index (χ0n) is 22.7. The summed E-state index contributed by atoms with van der Waals surface area (Å²) in [6, 6.07) is 17.5. The number of fused-ring (bicyclic) bond motifs is 1. The van der Waals surface area contributed by atoms with Crippen LogP contribution in [0.4, 0.5) is 5.13 Å². The number of aliphatic hydroxyl groups excluding tert-OH is 1. The molecule has 210 valence electrons. The molecule has 9 nitrogen and oxygen atoms in total. The van der Waals surface area contributed by atoms with Crippen molar-refractivity contribution in [3.05, 3.63) is 89.0 Å². The third kappa shape index (κ3) is 5.38. The summed E-state index contributed by atoms with van der Waals surface area (Å²) in [7, 11) is 2.84. The van der Waals surface area contributed by atoms with Crippen LogP contribution >= 0.6 is 11.3 Å². The van der Waals surface area contributed by atoms with E-state index in [2.05, 4.69) is 11.9 Å². The number of unbranched alkanes of at least 4 members (excludes halogenated alkanes) is 1. The number of methoxy groups -OCH3 is 2. The van der Waals surface area contributed by atoms with Crippen molar-refractivity contribution in [3.8, 4) is 11.5 Å². The molecule has 1 aliphatic heterocycles. The number of rotatable bonds is 9. The minimum Gasteiger partial charge on any atom is -0.507 e. The fourth-order valence-electron chi connectivity index (χ4n) is 4.61. The molecule has 0 spiro atoms. The Morgan fingerprint density at radius 1 is 1.00 bits per heavy atom. The summed E-state index contributed by atoms with van der Waals surface area (Å²) in [5.74, 6) is -1.36. The average molecular weight is 573 g/mol. The van der Waals surface area contributed by atoms with E-state index in [0.717, 1.165) is 17.5 Å². The predicted octanol–water partition coefficient (Wildman–Crippen LogP) is 5.90. The van der Waals surface area contributed by atoms with E-state index in [0.29, 0.717) is 40.3 Å². The molecule has 0 bridgehead atoms. The number of ether oxygens (including phenoxy) is 3. The SMILES string of the molecule is CCCCOc1cccc(/C(O)=C2\C(=O)C(=O)N(c3nc4ccc(OC)cc4s3)C2c2ccc(C(=O)OC)cc2)c1. The standard InChI is InChI=1S/C31H28N2O7S/c1-4-5-15-40-22-8-6-7-20(16-22)27(34)25-26(18-9-11-19(12-10-18)30(37)39-3)33(29(36)28(25)35)31-32-23-14-13-21(38-2)17-24(23)41-31/h6-14,16-17,26,34H,4-5,15H2,1-3H3/b27-25+. The van der Waals surface area contributed by atoms with E-state index in [-0.39, 0.29) is 16.5 Å². The van der Waals surface area contributed by atoms with Crippen molar-refractivity contribution in [2.45, 2.75) is 25.8 Å². The number of hydrogen-bond acceptors (Lipinski definition) is 9. The minimum atomic E-state index is -1.01. The molecule has 1 atom stereocenters. The third-order valence-corrected chi connectivity index (χ3v) is 7.77. The Hall–Kier alpha value is -4.70. The summed E-state index contributed by atoms with van der Waals surface area (Å²) >= 11 is 1.23. The molecule has 0 radical (unpaired) electrons. The number of benzene rings is 3. The van der Waals surface area contributed by atoms with Crippen LogP contribution in [0.1, 0.15) is 47.3 Å². The smallest absolute Gasteiger partial charge is 0.337 e. The molecule has 1 unspecified atom stereocenters. The summed E-state index contributed by atoms with van der Waals surface area (Å²) in [4.78, 5) is 45.1. The van der Waals surface area contributed by atoms with Crippen LogP contribution in [-0.4, -0.2) is 48.6 Å². The van der Waals surface area contributed by atoms with Crippen LogP contribution in [0.3, 0.4) is 0 Å². The molecule has 1 saturated heterocycles. The van der Waals surface area contributed by atoms with Crippen molar-refractivity contribution < 1.29 is 33.7 Å². The topological polar surface area (TPSA) is 115 Å². The fraction of sp³-hybridized carbons (Fsp3) is 0.226. The van der Waals surface area contributed by atoms with Gasteiger partial charge in [-0.3, -0.25) is 14.5 Å². The molecule has 1 fully saturated rings. The molecule has 1 N–H and O–H groups in total. The molecule has 4 aromatic rings. The highest BCUT2D eigenvalue weighted by Crippen LogP contribution is 2.45. The number of hydrogen-bond donors (Lipinski definition) is 1. The molecule has 2 heterocycles. The van der Waals surface area contributed by atoms with Gasteiger partial charge in [-0.2, -0.15) is 0 Å². The Morgan fingerprint density at radius 3 is 2.49 bits per heavy atom. The van der Waals surface area contributed by atoms with E-state index in [9.17, 15) is 19.5 Å². The van der Waals surface area contributed by atoms with Gasteiger partial charge < -0.3 is 19.3 Å². The maximum Gasteiger partial charge on any atom is 0.337 e. The number of Topliss-reactive ketones (excluding diaryl/α,β-unsaturated/α-hetero) is 1. The van der Waals surface area contributed by atoms with Crippen molar-refractivity contribution in [1.82, 2.24) is 4.98 Å². The first-order chi connectivity index (χ1) is 19.9. The molecule has 3 aromatic carbocycles. The highest BCUT2D eigenvalue weighted by molar-refractivity contribution is 7.22. The number of carbonyl (C=O) groups excluding carboxylic acids is 3.